The van der Waals surface area contributed by atoms with Crippen LogP contribution in [0.2, 0.25) is 0 Å². The average molecular weight is 390 g/mol. The van der Waals surface area contributed by atoms with E-state index in [4.69, 9.17) is 21.0 Å². The van der Waals surface area contributed by atoms with Crippen LogP contribution in [-0.2, 0) is 19.1 Å². The summed E-state index contributed by atoms with van der Waals surface area (Å²) >= 11 is 0. The van der Waals surface area contributed by atoms with Gasteiger partial charge in [-0.25, -0.2) is 4.79 Å². The number of hydrogen-bond donors (Lipinski definition) is 4. The molecule has 2 atom stereocenters. The van der Waals surface area contributed by atoms with E-state index in [2.05, 4.69) is 5.32 Å². The average Bonchev–Trinajstić information content (AvgIpc) is 2.62. The van der Waals surface area contributed by atoms with Gasteiger partial charge in [-0.2, -0.15) is 0 Å². The lowest BCUT2D eigenvalue weighted by molar-refractivity contribution is -0.140. The van der Waals surface area contributed by atoms with E-state index < -0.39 is 30.0 Å². The Kier molecular flexibility index (Phi) is 6.69. The molecule has 2 unspecified atom stereocenters. The van der Waals surface area contributed by atoms with E-state index in [1.165, 1.54) is 4.90 Å². The van der Waals surface area contributed by atoms with Gasteiger partial charge in [0.15, 0.2) is 0 Å². The maximum absolute atomic E-state index is 12.1. The minimum atomic E-state index is -1.13. The molecule has 0 aromatic heterocycles. The van der Waals surface area contributed by atoms with Crippen molar-refractivity contribution < 1.29 is 29.0 Å². The molecule has 1 saturated heterocycles. The normalized spacial score (nSPS) is 18.9. The third-order valence-corrected chi connectivity index (χ3v) is 4.37. The van der Waals surface area contributed by atoms with Gasteiger partial charge < -0.3 is 20.5 Å². The lowest BCUT2D eigenvalue weighted by atomic mass is 9.95. The molecule has 5 N–H and O–H groups in total. The van der Waals surface area contributed by atoms with E-state index in [0.29, 0.717) is 12.0 Å². The number of imide groups is 1. The van der Waals surface area contributed by atoms with Gasteiger partial charge in [0, 0.05) is 25.5 Å². The van der Waals surface area contributed by atoms with Crippen LogP contribution in [0.1, 0.15) is 42.9 Å². The molecule has 1 aromatic carbocycles. The number of nitrogens with two attached hydrogens (primary N) is 1. The second kappa shape index (κ2) is 8.98. The summed E-state index contributed by atoms with van der Waals surface area (Å²) < 4.78 is 5.23. The van der Waals surface area contributed by atoms with Crippen LogP contribution in [0.4, 0.5) is 4.79 Å². The van der Waals surface area contributed by atoms with E-state index >= 15 is 0 Å². The predicted molar refractivity (Wildman–Crippen MR) is 97.5 cm³/mol. The van der Waals surface area contributed by atoms with Crippen molar-refractivity contribution in [2.24, 2.45) is 5.73 Å². The monoisotopic (exact) mass is 390 g/mol. The molecule has 10 heteroatoms. The van der Waals surface area contributed by atoms with Crippen molar-refractivity contribution in [2.45, 2.75) is 37.8 Å². The number of carboxylic acids is 1. The number of amides is 3. The molecule has 1 aliphatic rings. The zero-order chi connectivity index (χ0) is 20.8. The number of cyclic esters (lactones) is 1. The van der Waals surface area contributed by atoms with Crippen LogP contribution in [0.15, 0.2) is 24.3 Å². The first-order valence-corrected chi connectivity index (χ1v) is 8.59. The third-order valence-electron chi connectivity index (χ3n) is 4.37. The molecule has 1 aromatic rings. The van der Waals surface area contributed by atoms with Crippen molar-refractivity contribution in [2.75, 3.05) is 7.05 Å². The summed E-state index contributed by atoms with van der Waals surface area (Å²) in [6.07, 6.45) is -1.88. The number of benzene rings is 1. The topological polar surface area (TPSA) is 163 Å². The highest BCUT2D eigenvalue weighted by Crippen LogP contribution is 2.31. The van der Waals surface area contributed by atoms with E-state index in [1.807, 2.05) is 0 Å². The number of ether oxygens (including phenoxy) is 1. The Balaban J connectivity index is 2.00. The lowest BCUT2D eigenvalue weighted by Gasteiger charge is -2.36. The lowest BCUT2D eigenvalue weighted by Crippen LogP contribution is -2.44. The van der Waals surface area contributed by atoms with Gasteiger partial charge in [0.25, 0.3) is 0 Å². The first-order valence-electron chi connectivity index (χ1n) is 8.59. The van der Waals surface area contributed by atoms with Gasteiger partial charge in [-0.3, -0.25) is 25.1 Å². The summed E-state index contributed by atoms with van der Waals surface area (Å²) in [5.74, 6) is -2.53. The largest absolute Gasteiger partial charge is 0.481 e. The summed E-state index contributed by atoms with van der Waals surface area (Å²) in [4.78, 5) is 47.5. The summed E-state index contributed by atoms with van der Waals surface area (Å²) in [5, 5.41) is 18.1. The Morgan fingerprint density at radius 3 is 2.46 bits per heavy atom. The smallest absolute Gasteiger partial charge is 0.410 e. The van der Waals surface area contributed by atoms with Crippen molar-refractivity contribution in [1.29, 1.82) is 5.41 Å². The number of amidine groups is 1. The molecule has 1 aliphatic heterocycles. The quantitative estimate of drug-likeness (QED) is 0.394. The predicted octanol–water partition coefficient (Wildman–Crippen LogP) is 0.750. The maximum Gasteiger partial charge on any atom is 0.410 e. The van der Waals surface area contributed by atoms with E-state index in [9.17, 15) is 19.2 Å². The summed E-state index contributed by atoms with van der Waals surface area (Å²) in [6.45, 7) is 0. The SMILES string of the molecule is CN1C(=O)OC(CC(=O)NC(=O)CCC(=O)O)CC1c1ccc(C(=N)N)cc1. The van der Waals surface area contributed by atoms with Crippen LogP contribution in [0.3, 0.4) is 0 Å². The number of carbonyl (C=O) groups excluding carboxylic acids is 3. The summed E-state index contributed by atoms with van der Waals surface area (Å²) in [5.41, 5.74) is 6.79. The Hall–Kier alpha value is -3.43. The fraction of sp³-hybridized carbons (Fsp3) is 0.389. The minimum absolute atomic E-state index is 0.0647. The number of aliphatic carboxylic acids is 1. The number of rotatable bonds is 7. The third kappa shape index (κ3) is 5.53. The van der Waals surface area contributed by atoms with Crippen molar-refractivity contribution >= 4 is 29.7 Å². The summed E-state index contributed by atoms with van der Waals surface area (Å²) in [7, 11) is 1.58. The number of hydrogen-bond acceptors (Lipinski definition) is 6. The van der Waals surface area contributed by atoms with Crippen LogP contribution in [0, 0.1) is 5.41 Å². The van der Waals surface area contributed by atoms with E-state index in [-0.39, 0.29) is 31.1 Å². The van der Waals surface area contributed by atoms with Crippen LogP contribution < -0.4 is 11.1 Å². The van der Waals surface area contributed by atoms with Gasteiger partial charge in [0.1, 0.15) is 11.9 Å². The number of carbonyl (C=O) groups is 4. The van der Waals surface area contributed by atoms with Crippen molar-refractivity contribution in [3.8, 4) is 0 Å². The van der Waals surface area contributed by atoms with Crippen molar-refractivity contribution in [3.05, 3.63) is 35.4 Å². The number of carboxylic acid groups (broad SMARTS) is 1. The molecular weight excluding hydrogens is 368 g/mol. The highest BCUT2D eigenvalue weighted by atomic mass is 16.6. The van der Waals surface area contributed by atoms with E-state index in [1.54, 1.807) is 31.3 Å². The number of nitrogens with one attached hydrogen (secondary N) is 2. The Morgan fingerprint density at radius 2 is 1.89 bits per heavy atom. The minimum Gasteiger partial charge on any atom is -0.481 e. The molecule has 1 heterocycles. The van der Waals surface area contributed by atoms with E-state index in [0.717, 1.165) is 5.56 Å². The van der Waals surface area contributed by atoms with Gasteiger partial charge in [-0.1, -0.05) is 24.3 Å². The zero-order valence-electron chi connectivity index (χ0n) is 15.3. The standard InChI is InChI=1S/C18H22N4O6/c1-22-13(10-2-4-11(5-3-10)17(19)20)8-12(28-18(22)27)9-15(24)21-14(23)6-7-16(25)26/h2-5,12-13H,6-9H2,1H3,(H3,19,20)(H,25,26)(H,21,23,24). The second-order valence-corrected chi connectivity index (χ2v) is 6.47. The molecule has 2 rings (SSSR count). The van der Waals surface area contributed by atoms with Gasteiger partial charge >= 0.3 is 12.1 Å². The fourth-order valence-electron chi connectivity index (χ4n) is 2.87. The van der Waals surface area contributed by atoms with Crippen LogP contribution in [0.25, 0.3) is 0 Å². The second-order valence-electron chi connectivity index (χ2n) is 6.47. The van der Waals surface area contributed by atoms with Gasteiger partial charge in [-0.15, -0.1) is 0 Å². The number of nitrogen functional groups attached to an aromatic ring is 1. The van der Waals surface area contributed by atoms with Crippen LogP contribution in [-0.4, -0.2) is 52.9 Å². The Morgan fingerprint density at radius 1 is 1.25 bits per heavy atom. The molecule has 0 radical (unpaired) electrons. The van der Waals surface area contributed by atoms with Crippen molar-refractivity contribution in [1.82, 2.24) is 10.2 Å². The highest BCUT2D eigenvalue weighted by Gasteiger charge is 2.35. The maximum atomic E-state index is 12.1. The molecule has 0 saturated carbocycles. The fourth-order valence-corrected chi connectivity index (χ4v) is 2.87. The molecule has 0 spiro atoms. The number of nitrogens with zero attached hydrogens (tertiary/aromatic N) is 1. The van der Waals surface area contributed by atoms with Crippen LogP contribution >= 0.6 is 0 Å². The molecule has 0 bridgehead atoms. The zero-order valence-corrected chi connectivity index (χ0v) is 15.3. The first kappa shape index (κ1) is 20.9. The molecule has 1 fully saturated rings. The van der Waals surface area contributed by atoms with Gasteiger partial charge in [0.05, 0.1) is 18.9 Å². The summed E-state index contributed by atoms with van der Waals surface area (Å²) in [6, 6.07) is 6.51. The molecule has 3 amide bonds. The molecule has 150 valence electrons. The van der Waals surface area contributed by atoms with Crippen molar-refractivity contribution in [3.63, 3.8) is 0 Å². The van der Waals surface area contributed by atoms with Crippen LogP contribution in [0.5, 0.6) is 0 Å². The van der Waals surface area contributed by atoms with Gasteiger partial charge in [0.2, 0.25) is 11.8 Å². The van der Waals surface area contributed by atoms with Gasteiger partial charge in [-0.05, 0) is 5.56 Å². The molecule has 28 heavy (non-hydrogen) atoms. The highest BCUT2D eigenvalue weighted by molar-refractivity contribution is 5.96. The Bertz CT molecular complexity index is 792. The first-order chi connectivity index (χ1) is 13.2. The molecule has 10 nitrogen and oxygen atoms in total. The molecular formula is C18H22N4O6. The molecule has 0 aliphatic carbocycles. The Labute approximate surface area is 161 Å².